The SMILES string of the molecule is CC(=O)NCCC=Cc1cc(C(C)C)ccc1N. The fourth-order valence-corrected chi connectivity index (χ4v) is 1.64. The summed E-state index contributed by atoms with van der Waals surface area (Å²) in [7, 11) is 0. The fraction of sp³-hybridized carbons (Fsp3) is 0.400. The lowest BCUT2D eigenvalue weighted by atomic mass is 9.99. The Morgan fingerprint density at radius 1 is 1.44 bits per heavy atom. The smallest absolute Gasteiger partial charge is 0.216 e. The Labute approximate surface area is 109 Å². The van der Waals surface area contributed by atoms with Gasteiger partial charge in [0, 0.05) is 19.2 Å². The predicted octanol–water partition coefficient (Wildman–Crippen LogP) is 2.93. The molecule has 3 nitrogen and oxygen atoms in total. The summed E-state index contributed by atoms with van der Waals surface area (Å²) in [5.74, 6) is 0.502. The molecule has 0 spiro atoms. The molecule has 0 bridgehead atoms. The minimum absolute atomic E-state index is 0.00437. The maximum atomic E-state index is 10.7. The topological polar surface area (TPSA) is 55.1 Å². The van der Waals surface area contributed by atoms with Gasteiger partial charge in [-0.15, -0.1) is 0 Å². The first kappa shape index (κ1) is 14.3. The van der Waals surface area contributed by atoms with E-state index in [1.165, 1.54) is 12.5 Å². The summed E-state index contributed by atoms with van der Waals surface area (Å²) in [6, 6.07) is 6.13. The Morgan fingerprint density at radius 2 is 2.17 bits per heavy atom. The van der Waals surface area contributed by atoms with E-state index in [0.717, 1.165) is 17.7 Å². The van der Waals surface area contributed by atoms with Gasteiger partial charge in [0.05, 0.1) is 0 Å². The second-order valence-electron chi connectivity index (χ2n) is 4.72. The van der Waals surface area contributed by atoms with E-state index >= 15 is 0 Å². The van der Waals surface area contributed by atoms with Crippen molar-refractivity contribution in [3.63, 3.8) is 0 Å². The number of nitrogens with two attached hydrogens (primary N) is 1. The molecule has 0 heterocycles. The molecule has 0 aliphatic heterocycles. The van der Waals surface area contributed by atoms with Gasteiger partial charge in [-0.3, -0.25) is 4.79 Å². The molecule has 0 fully saturated rings. The molecule has 1 amide bonds. The summed E-state index contributed by atoms with van der Waals surface area (Å²) in [5.41, 5.74) is 9.05. The fourth-order valence-electron chi connectivity index (χ4n) is 1.64. The first-order chi connectivity index (χ1) is 8.50. The molecule has 0 aromatic heterocycles. The van der Waals surface area contributed by atoms with Gasteiger partial charge < -0.3 is 11.1 Å². The number of nitrogens with one attached hydrogen (secondary N) is 1. The van der Waals surface area contributed by atoms with Crippen LogP contribution in [0, 0.1) is 0 Å². The van der Waals surface area contributed by atoms with Gasteiger partial charge in [-0.2, -0.15) is 0 Å². The Bertz CT molecular complexity index is 436. The summed E-state index contributed by atoms with van der Waals surface area (Å²) in [6.07, 6.45) is 4.86. The van der Waals surface area contributed by atoms with E-state index in [-0.39, 0.29) is 5.91 Å². The van der Waals surface area contributed by atoms with Gasteiger partial charge in [0.25, 0.3) is 0 Å². The number of rotatable bonds is 5. The monoisotopic (exact) mass is 246 g/mol. The molecule has 0 aliphatic rings. The van der Waals surface area contributed by atoms with Crippen molar-refractivity contribution in [1.29, 1.82) is 0 Å². The van der Waals surface area contributed by atoms with Crippen LogP contribution in [0.5, 0.6) is 0 Å². The molecule has 1 rings (SSSR count). The molecular formula is C15H22N2O. The van der Waals surface area contributed by atoms with E-state index in [4.69, 9.17) is 5.73 Å². The van der Waals surface area contributed by atoms with Crippen molar-refractivity contribution in [1.82, 2.24) is 5.32 Å². The third-order valence-corrected chi connectivity index (χ3v) is 2.76. The molecule has 1 aromatic rings. The van der Waals surface area contributed by atoms with E-state index in [1.54, 1.807) is 0 Å². The van der Waals surface area contributed by atoms with Crippen molar-refractivity contribution >= 4 is 17.7 Å². The Hall–Kier alpha value is -1.77. The van der Waals surface area contributed by atoms with E-state index in [2.05, 4.69) is 31.3 Å². The van der Waals surface area contributed by atoms with Crippen LogP contribution in [0.3, 0.4) is 0 Å². The third kappa shape index (κ3) is 4.62. The summed E-state index contributed by atoms with van der Waals surface area (Å²) in [6.45, 7) is 6.51. The van der Waals surface area contributed by atoms with Crippen LogP contribution < -0.4 is 11.1 Å². The second-order valence-corrected chi connectivity index (χ2v) is 4.72. The van der Waals surface area contributed by atoms with Crippen molar-refractivity contribution in [3.05, 3.63) is 35.4 Å². The van der Waals surface area contributed by atoms with Crippen LogP contribution in [-0.4, -0.2) is 12.5 Å². The van der Waals surface area contributed by atoms with Gasteiger partial charge in [-0.05, 0) is 35.6 Å². The molecule has 3 N–H and O–H groups in total. The highest BCUT2D eigenvalue weighted by molar-refractivity contribution is 5.72. The molecule has 98 valence electrons. The maximum Gasteiger partial charge on any atom is 0.216 e. The van der Waals surface area contributed by atoms with E-state index in [0.29, 0.717) is 12.5 Å². The highest BCUT2D eigenvalue weighted by Crippen LogP contribution is 2.21. The average Bonchev–Trinajstić information content (AvgIpc) is 2.30. The number of nitrogen functional groups attached to an aromatic ring is 1. The third-order valence-electron chi connectivity index (χ3n) is 2.76. The minimum atomic E-state index is 0.00437. The molecule has 0 saturated heterocycles. The molecule has 3 heteroatoms. The molecule has 18 heavy (non-hydrogen) atoms. The lowest BCUT2D eigenvalue weighted by Gasteiger charge is -2.08. The van der Waals surface area contributed by atoms with Gasteiger partial charge in [0.2, 0.25) is 5.91 Å². The van der Waals surface area contributed by atoms with Gasteiger partial charge in [0.15, 0.2) is 0 Å². The number of hydrogen-bond donors (Lipinski definition) is 2. The Balaban J connectivity index is 2.62. The zero-order valence-corrected chi connectivity index (χ0v) is 11.4. The van der Waals surface area contributed by atoms with E-state index in [9.17, 15) is 4.79 Å². The average molecular weight is 246 g/mol. The molecule has 0 aliphatic carbocycles. The maximum absolute atomic E-state index is 10.7. The largest absolute Gasteiger partial charge is 0.398 e. The summed E-state index contributed by atoms with van der Waals surface area (Å²) in [4.78, 5) is 10.7. The zero-order chi connectivity index (χ0) is 13.5. The van der Waals surface area contributed by atoms with Crippen LogP contribution >= 0.6 is 0 Å². The lowest BCUT2D eigenvalue weighted by Crippen LogP contribution is -2.20. The molecule has 0 unspecified atom stereocenters. The van der Waals surface area contributed by atoms with Gasteiger partial charge in [-0.1, -0.05) is 32.1 Å². The number of anilines is 1. The Morgan fingerprint density at radius 3 is 2.78 bits per heavy atom. The van der Waals surface area contributed by atoms with Crippen LogP contribution in [0.25, 0.3) is 6.08 Å². The normalized spacial score (nSPS) is 11.1. The lowest BCUT2D eigenvalue weighted by molar-refractivity contribution is -0.118. The molecular weight excluding hydrogens is 224 g/mol. The van der Waals surface area contributed by atoms with E-state index in [1.807, 2.05) is 18.2 Å². The first-order valence-corrected chi connectivity index (χ1v) is 6.31. The Kier molecular flexibility index (Phi) is 5.43. The second kappa shape index (κ2) is 6.84. The number of carbonyl (C=O) groups excluding carboxylic acids is 1. The molecule has 0 radical (unpaired) electrons. The van der Waals surface area contributed by atoms with Gasteiger partial charge in [-0.25, -0.2) is 0 Å². The van der Waals surface area contributed by atoms with Crippen molar-refractivity contribution < 1.29 is 4.79 Å². The highest BCUT2D eigenvalue weighted by atomic mass is 16.1. The summed E-state index contributed by atoms with van der Waals surface area (Å²) >= 11 is 0. The quantitative estimate of drug-likeness (QED) is 0.620. The van der Waals surface area contributed by atoms with Gasteiger partial charge >= 0.3 is 0 Å². The molecule has 0 saturated carbocycles. The number of hydrogen-bond acceptors (Lipinski definition) is 2. The van der Waals surface area contributed by atoms with Crippen LogP contribution in [-0.2, 0) is 4.79 Å². The van der Waals surface area contributed by atoms with Crippen LogP contribution in [0.4, 0.5) is 5.69 Å². The van der Waals surface area contributed by atoms with Crippen LogP contribution in [0.15, 0.2) is 24.3 Å². The van der Waals surface area contributed by atoms with Crippen molar-refractivity contribution in [2.75, 3.05) is 12.3 Å². The van der Waals surface area contributed by atoms with Crippen LogP contribution in [0.1, 0.15) is 44.2 Å². The molecule has 0 atom stereocenters. The van der Waals surface area contributed by atoms with Crippen molar-refractivity contribution in [3.8, 4) is 0 Å². The summed E-state index contributed by atoms with van der Waals surface area (Å²) in [5, 5.41) is 2.75. The van der Waals surface area contributed by atoms with Gasteiger partial charge in [0.1, 0.15) is 0 Å². The zero-order valence-electron chi connectivity index (χ0n) is 11.4. The van der Waals surface area contributed by atoms with Crippen molar-refractivity contribution in [2.45, 2.75) is 33.1 Å². The molecule has 1 aromatic carbocycles. The number of amides is 1. The predicted molar refractivity (Wildman–Crippen MR) is 77.3 cm³/mol. The first-order valence-electron chi connectivity index (χ1n) is 6.31. The van der Waals surface area contributed by atoms with Crippen molar-refractivity contribution in [2.24, 2.45) is 0 Å². The minimum Gasteiger partial charge on any atom is -0.398 e. The summed E-state index contributed by atoms with van der Waals surface area (Å²) < 4.78 is 0. The van der Waals surface area contributed by atoms with E-state index < -0.39 is 0 Å². The van der Waals surface area contributed by atoms with Crippen LogP contribution in [0.2, 0.25) is 0 Å². The number of benzene rings is 1. The standard InChI is InChI=1S/C15H22N2O/c1-11(2)13-7-8-15(16)14(10-13)6-4-5-9-17-12(3)18/h4,6-8,10-11H,5,9,16H2,1-3H3,(H,17,18). The number of carbonyl (C=O) groups is 1. The highest BCUT2D eigenvalue weighted by Gasteiger charge is 2.01.